The summed E-state index contributed by atoms with van der Waals surface area (Å²) >= 11 is 6.19. The summed E-state index contributed by atoms with van der Waals surface area (Å²) in [5.74, 6) is 0.319. The Kier molecular flexibility index (Phi) is 6.48. The number of aromatic nitrogens is 3. The fourth-order valence-corrected chi connectivity index (χ4v) is 5.27. The minimum Gasteiger partial charge on any atom is -0.362 e. The van der Waals surface area contributed by atoms with Crippen molar-refractivity contribution in [1.29, 1.82) is 0 Å². The fourth-order valence-electron chi connectivity index (χ4n) is 5.15. The smallest absolute Gasteiger partial charge is 0.270 e. The normalized spacial score (nSPS) is 19.2. The zero-order valence-electron chi connectivity index (χ0n) is 20.5. The summed E-state index contributed by atoms with van der Waals surface area (Å²) in [4.78, 5) is 30.4. The molecular formula is C28H27ClN6O. The minimum absolute atomic E-state index is 0.0321. The van der Waals surface area contributed by atoms with Gasteiger partial charge in [-0.2, -0.15) is 0 Å². The molecule has 1 aromatic carbocycles. The summed E-state index contributed by atoms with van der Waals surface area (Å²) in [7, 11) is 1.74. The Morgan fingerprint density at radius 2 is 1.83 bits per heavy atom. The van der Waals surface area contributed by atoms with Gasteiger partial charge in [-0.1, -0.05) is 36.4 Å². The highest BCUT2D eigenvalue weighted by Gasteiger charge is 2.36. The zero-order chi connectivity index (χ0) is 25.4. The molecule has 1 unspecified atom stereocenters. The van der Waals surface area contributed by atoms with Crippen LogP contribution in [-0.4, -0.2) is 44.6 Å². The van der Waals surface area contributed by atoms with E-state index < -0.39 is 0 Å². The number of piperazine rings is 1. The molecule has 3 aromatic heterocycles. The molecule has 3 atom stereocenters. The first-order valence-corrected chi connectivity index (χ1v) is 12.3. The van der Waals surface area contributed by atoms with Crippen LogP contribution < -0.4 is 10.5 Å². The van der Waals surface area contributed by atoms with E-state index in [1.54, 1.807) is 23.7 Å². The molecular weight excluding hydrogens is 472 g/mol. The van der Waals surface area contributed by atoms with Gasteiger partial charge in [0.05, 0.1) is 22.9 Å². The largest absolute Gasteiger partial charge is 0.362 e. The summed E-state index contributed by atoms with van der Waals surface area (Å²) in [6.45, 7) is 13.2. The van der Waals surface area contributed by atoms with Gasteiger partial charge in [0.15, 0.2) is 0 Å². The molecule has 4 aromatic rings. The standard InChI is InChI=1S/C28H27ClN6O/c1-18-17-35(28(22-7-5-6-14-31-22)20-8-10-21(29)11-9-20)19(2)16-34(18)24-15-26(36)33(4)23-12-13-25(30-3)32-27(23)24/h5-15,18-19,28H,16-17H2,1-2,4H3/t18-,19+,28?/m0/s1. The van der Waals surface area contributed by atoms with Gasteiger partial charge in [-0.25, -0.2) is 0 Å². The van der Waals surface area contributed by atoms with E-state index in [1.807, 2.05) is 36.5 Å². The van der Waals surface area contributed by atoms with Crippen LogP contribution >= 0.6 is 11.6 Å². The van der Waals surface area contributed by atoms with Crippen LogP contribution in [0.15, 0.2) is 71.7 Å². The van der Waals surface area contributed by atoms with Crippen molar-refractivity contribution in [3.05, 3.63) is 105 Å². The molecule has 8 heteroatoms. The van der Waals surface area contributed by atoms with E-state index in [1.165, 1.54) is 0 Å². The number of nitrogens with zero attached hydrogens (tertiary/aromatic N) is 6. The van der Waals surface area contributed by atoms with Crippen molar-refractivity contribution in [1.82, 2.24) is 19.4 Å². The summed E-state index contributed by atoms with van der Waals surface area (Å²) in [6.07, 6.45) is 1.83. The van der Waals surface area contributed by atoms with Gasteiger partial charge in [0.1, 0.15) is 0 Å². The predicted molar refractivity (Wildman–Crippen MR) is 144 cm³/mol. The molecule has 0 saturated carbocycles. The maximum atomic E-state index is 12.8. The van der Waals surface area contributed by atoms with Gasteiger partial charge < -0.3 is 14.3 Å². The molecule has 7 nitrogen and oxygen atoms in total. The quantitative estimate of drug-likeness (QED) is 0.361. The fraction of sp³-hybridized carbons (Fsp3) is 0.286. The number of aryl methyl sites for hydroxylation is 1. The monoisotopic (exact) mass is 498 g/mol. The molecule has 1 aliphatic rings. The van der Waals surface area contributed by atoms with Crippen molar-refractivity contribution >= 4 is 34.1 Å². The van der Waals surface area contributed by atoms with Crippen LogP contribution in [0.4, 0.5) is 11.5 Å². The summed E-state index contributed by atoms with van der Waals surface area (Å²) in [5.41, 5.74) is 4.20. The van der Waals surface area contributed by atoms with Crippen LogP contribution in [0.2, 0.25) is 5.02 Å². The maximum absolute atomic E-state index is 12.8. The van der Waals surface area contributed by atoms with Crippen molar-refractivity contribution < 1.29 is 0 Å². The Bertz CT molecular complexity index is 1500. The molecule has 1 aliphatic heterocycles. The lowest BCUT2D eigenvalue weighted by atomic mass is 9.96. The van der Waals surface area contributed by atoms with Gasteiger partial charge in [-0.3, -0.25) is 14.7 Å². The van der Waals surface area contributed by atoms with Crippen molar-refractivity contribution in [2.75, 3.05) is 18.0 Å². The van der Waals surface area contributed by atoms with E-state index >= 15 is 0 Å². The number of hydrogen-bond acceptors (Lipinski definition) is 5. The zero-order valence-corrected chi connectivity index (χ0v) is 21.2. The lowest BCUT2D eigenvalue weighted by molar-refractivity contribution is 0.128. The number of benzene rings is 1. The molecule has 5 rings (SSSR count). The lowest BCUT2D eigenvalue weighted by Gasteiger charge is -2.48. The van der Waals surface area contributed by atoms with Gasteiger partial charge in [0, 0.05) is 49.5 Å². The van der Waals surface area contributed by atoms with Crippen molar-refractivity contribution in [3.63, 3.8) is 0 Å². The topological polar surface area (TPSA) is 58.6 Å². The van der Waals surface area contributed by atoms with Crippen LogP contribution in [0.25, 0.3) is 15.9 Å². The summed E-state index contributed by atoms with van der Waals surface area (Å²) in [5, 5.41) is 0.702. The van der Waals surface area contributed by atoms with E-state index in [4.69, 9.17) is 23.2 Å². The number of fused-ring (bicyclic) bond motifs is 1. The second-order valence-corrected chi connectivity index (χ2v) is 9.77. The molecule has 0 radical (unpaired) electrons. The Morgan fingerprint density at radius 3 is 2.53 bits per heavy atom. The second kappa shape index (κ2) is 9.73. The molecule has 1 fully saturated rings. The SMILES string of the molecule is [C-]#[N+]c1ccc2c(n1)c(N1C[C@@H](C)N(C(c3ccc(Cl)cc3)c3ccccn3)C[C@@H]1C)cc(=O)n2C. The number of anilines is 1. The molecule has 0 amide bonds. The third-order valence-electron chi connectivity index (χ3n) is 7.00. The average Bonchev–Trinajstić information content (AvgIpc) is 2.89. The van der Waals surface area contributed by atoms with Gasteiger partial charge >= 0.3 is 0 Å². The number of rotatable bonds is 4. The maximum Gasteiger partial charge on any atom is 0.270 e. The molecule has 4 heterocycles. The van der Waals surface area contributed by atoms with E-state index in [9.17, 15) is 4.79 Å². The van der Waals surface area contributed by atoms with Gasteiger partial charge in [0.2, 0.25) is 5.52 Å². The number of pyridine rings is 3. The van der Waals surface area contributed by atoms with E-state index in [2.05, 4.69) is 51.7 Å². The van der Waals surface area contributed by atoms with E-state index in [-0.39, 0.29) is 23.7 Å². The van der Waals surface area contributed by atoms with Gasteiger partial charge in [0.25, 0.3) is 11.4 Å². The Labute approximate surface area is 215 Å². The van der Waals surface area contributed by atoms with Crippen LogP contribution in [0.1, 0.15) is 31.1 Å². The molecule has 36 heavy (non-hydrogen) atoms. The molecule has 1 saturated heterocycles. The third kappa shape index (κ3) is 4.34. The predicted octanol–water partition coefficient (Wildman–Crippen LogP) is 5.22. The van der Waals surface area contributed by atoms with Gasteiger partial charge in [-0.05, 0) is 55.8 Å². The summed E-state index contributed by atoms with van der Waals surface area (Å²) in [6, 6.07) is 19.3. The van der Waals surface area contributed by atoms with Crippen molar-refractivity contribution in [2.24, 2.45) is 7.05 Å². The molecule has 0 aliphatic carbocycles. The number of hydrogen-bond donors (Lipinski definition) is 0. The first-order valence-electron chi connectivity index (χ1n) is 11.9. The highest BCUT2D eigenvalue weighted by molar-refractivity contribution is 6.30. The third-order valence-corrected chi connectivity index (χ3v) is 7.25. The van der Waals surface area contributed by atoms with Crippen LogP contribution in [-0.2, 0) is 7.05 Å². The van der Waals surface area contributed by atoms with Crippen molar-refractivity contribution in [3.8, 4) is 0 Å². The first-order chi connectivity index (χ1) is 17.4. The summed E-state index contributed by atoms with van der Waals surface area (Å²) < 4.78 is 1.58. The average molecular weight is 499 g/mol. The molecule has 0 spiro atoms. The first kappa shape index (κ1) is 24.0. The Morgan fingerprint density at radius 1 is 1.06 bits per heavy atom. The van der Waals surface area contributed by atoms with E-state index in [0.717, 1.165) is 29.0 Å². The lowest BCUT2D eigenvalue weighted by Crippen LogP contribution is -2.57. The molecule has 182 valence electrons. The van der Waals surface area contributed by atoms with Crippen LogP contribution in [0.3, 0.4) is 0 Å². The highest BCUT2D eigenvalue weighted by atomic mass is 35.5. The van der Waals surface area contributed by atoms with Crippen LogP contribution in [0.5, 0.6) is 0 Å². The highest BCUT2D eigenvalue weighted by Crippen LogP contribution is 2.35. The second-order valence-electron chi connectivity index (χ2n) is 9.33. The molecule has 0 bridgehead atoms. The minimum atomic E-state index is -0.0929. The number of halogens is 1. The van der Waals surface area contributed by atoms with Crippen molar-refractivity contribution in [2.45, 2.75) is 32.0 Å². The van der Waals surface area contributed by atoms with Gasteiger partial charge in [-0.15, -0.1) is 4.98 Å². The van der Waals surface area contributed by atoms with E-state index in [0.29, 0.717) is 22.9 Å². The molecule has 0 N–H and O–H groups in total. The van der Waals surface area contributed by atoms with Crippen LogP contribution in [0, 0.1) is 6.57 Å². The Hall–Kier alpha value is -3.73. The Balaban J connectivity index is 1.55.